The van der Waals surface area contributed by atoms with Gasteiger partial charge in [0.15, 0.2) is 0 Å². The summed E-state index contributed by atoms with van der Waals surface area (Å²) in [5.74, 6) is 0.117. The maximum atomic E-state index is 12.9. The topological polar surface area (TPSA) is 32.3 Å². The van der Waals surface area contributed by atoms with E-state index in [1.54, 1.807) is 6.07 Å². The molecule has 0 bridgehead atoms. The molecule has 2 atom stereocenters. The molecule has 0 aliphatic rings. The van der Waals surface area contributed by atoms with E-state index in [4.69, 9.17) is 0 Å². The minimum Gasteiger partial charge on any atom is -0.508 e. The van der Waals surface area contributed by atoms with Gasteiger partial charge in [0.05, 0.1) is 0 Å². The third kappa shape index (κ3) is 4.30. The van der Waals surface area contributed by atoms with Crippen molar-refractivity contribution in [3.05, 3.63) is 65.5 Å². The lowest BCUT2D eigenvalue weighted by molar-refractivity contribution is 0.413. The average molecular weight is 287 g/mol. The standard InChI is InChI=1S/C18H22FNO/c1-3-17(16-6-4-5-7-18(16)21)20-13(2)12-14-8-10-15(19)11-9-14/h4-11,13,17,20-21H,3,12H2,1-2H3. The summed E-state index contributed by atoms with van der Waals surface area (Å²) in [5, 5.41) is 13.5. The fraction of sp³-hybridized carbons (Fsp3) is 0.333. The number of aromatic hydroxyl groups is 1. The van der Waals surface area contributed by atoms with Gasteiger partial charge in [-0.15, -0.1) is 0 Å². The first kappa shape index (κ1) is 15.5. The molecule has 2 N–H and O–H groups in total. The number of rotatable bonds is 6. The first-order valence-electron chi connectivity index (χ1n) is 7.38. The van der Waals surface area contributed by atoms with Crippen LogP contribution in [0.15, 0.2) is 48.5 Å². The van der Waals surface area contributed by atoms with Gasteiger partial charge in [-0.1, -0.05) is 37.3 Å². The molecule has 2 aromatic carbocycles. The minimum atomic E-state index is -0.208. The number of nitrogens with one attached hydrogen (secondary N) is 1. The quantitative estimate of drug-likeness (QED) is 0.834. The Morgan fingerprint density at radius 3 is 2.38 bits per heavy atom. The summed E-state index contributed by atoms with van der Waals surface area (Å²) in [7, 11) is 0. The van der Waals surface area contributed by atoms with Gasteiger partial charge in [-0.2, -0.15) is 0 Å². The Morgan fingerprint density at radius 2 is 1.76 bits per heavy atom. The van der Waals surface area contributed by atoms with Crippen LogP contribution in [0.3, 0.4) is 0 Å². The summed E-state index contributed by atoms with van der Waals surface area (Å²) >= 11 is 0. The number of phenols is 1. The van der Waals surface area contributed by atoms with Crippen LogP contribution in [0, 0.1) is 5.82 Å². The second-order valence-electron chi connectivity index (χ2n) is 5.42. The Kier molecular flexibility index (Phi) is 5.34. The highest BCUT2D eigenvalue weighted by molar-refractivity contribution is 5.34. The van der Waals surface area contributed by atoms with E-state index >= 15 is 0 Å². The van der Waals surface area contributed by atoms with Crippen molar-refractivity contribution in [1.29, 1.82) is 0 Å². The summed E-state index contributed by atoms with van der Waals surface area (Å²) in [6.07, 6.45) is 1.72. The van der Waals surface area contributed by atoms with E-state index < -0.39 is 0 Å². The minimum absolute atomic E-state index is 0.113. The van der Waals surface area contributed by atoms with E-state index in [0.717, 1.165) is 24.0 Å². The molecule has 2 rings (SSSR count). The van der Waals surface area contributed by atoms with Crippen LogP contribution < -0.4 is 5.32 Å². The molecule has 2 nitrogen and oxygen atoms in total. The molecular formula is C18H22FNO. The Morgan fingerprint density at radius 1 is 1.10 bits per heavy atom. The molecule has 112 valence electrons. The zero-order valence-corrected chi connectivity index (χ0v) is 12.5. The molecule has 0 aromatic heterocycles. The van der Waals surface area contributed by atoms with Crippen LogP contribution in [0.2, 0.25) is 0 Å². The SMILES string of the molecule is CCC(NC(C)Cc1ccc(F)cc1)c1ccccc1O. The largest absolute Gasteiger partial charge is 0.508 e. The second kappa shape index (κ2) is 7.23. The summed E-state index contributed by atoms with van der Waals surface area (Å²) in [4.78, 5) is 0. The lowest BCUT2D eigenvalue weighted by Crippen LogP contribution is -2.32. The smallest absolute Gasteiger partial charge is 0.123 e. The molecule has 3 heteroatoms. The van der Waals surface area contributed by atoms with E-state index in [0.29, 0.717) is 5.75 Å². The second-order valence-corrected chi connectivity index (χ2v) is 5.42. The van der Waals surface area contributed by atoms with Crippen LogP contribution in [-0.2, 0) is 6.42 Å². The molecule has 0 heterocycles. The molecule has 0 saturated heterocycles. The van der Waals surface area contributed by atoms with Crippen LogP contribution in [0.25, 0.3) is 0 Å². The fourth-order valence-corrected chi connectivity index (χ4v) is 2.59. The summed E-state index contributed by atoms with van der Waals surface area (Å²) in [6, 6.07) is 14.4. The van der Waals surface area contributed by atoms with E-state index in [1.165, 1.54) is 12.1 Å². The number of benzene rings is 2. The molecule has 21 heavy (non-hydrogen) atoms. The monoisotopic (exact) mass is 287 g/mol. The van der Waals surface area contributed by atoms with Crippen molar-refractivity contribution < 1.29 is 9.50 Å². The number of phenolic OH excluding ortho intramolecular Hbond substituents is 1. The summed E-state index contributed by atoms with van der Waals surface area (Å²) < 4.78 is 12.9. The highest BCUT2D eigenvalue weighted by atomic mass is 19.1. The number of para-hydroxylation sites is 1. The van der Waals surface area contributed by atoms with Crippen molar-refractivity contribution in [3.8, 4) is 5.75 Å². The van der Waals surface area contributed by atoms with Crippen LogP contribution in [0.4, 0.5) is 4.39 Å². The first-order chi connectivity index (χ1) is 10.1. The Labute approximate surface area is 125 Å². The van der Waals surface area contributed by atoms with Gasteiger partial charge in [-0.3, -0.25) is 0 Å². The van der Waals surface area contributed by atoms with Gasteiger partial charge >= 0.3 is 0 Å². The lowest BCUT2D eigenvalue weighted by atomic mass is 10.0. The van der Waals surface area contributed by atoms with Crippen molar-refractivity contribution in [2.24, 2.45) is 0 Å². The van der Waals surface area contributed by atoms with Gasteiger partial charge in [-0.05, 0) is 43.5 Å². The molecule has 0 spiro atoms. The number of halogens is 1. The van der Waals surface area contributed by atoms with Crippen LogP contribution >= 0.6 is 0 Å². The van der Waals surface area contributed by atoms with Crippen molar-refractivity contribution in [2.45, 2.75) is 38.8 Å². The van der Waals surface area contributed by atoms with Gasteiger partial charge in [0.2, 0.25) is 0 Å². The molecule has 0 radical (unpaired) electrons. The van der Waals surface area contributed by atoms with E-state index in [1.807, 2.05) is 30.3 Å². The van der Waals surface area contributed by atoms with Gasteiger partial charge in [-0.25, -0.2) is 4.39 Å². The first-order valence-corrected chi connectivity index (χ1v) is 7.38. The number of hydrogen-bond acceptors (Lipinski definition) is 2. The lowest BCUT2D eigenvalue weighted by Gasteiger charge is -2.23. The van der Waals surface area contributed by atoms with Crippen LogP contribution in [0.1, 0.15) is 37.4 Å². The molecule has 0 aliphatic heterocycles. The molecule has 2 unspecified atom stereocenters. The predicted molar refractivity (Wildman–Crippen MR) is 83.8 cm³/mol. The number of hydrogen-bond donors (Lipinski definition) is 2. The van der Waals surface area contributed by atoms with E-state index in [-0.39, 0.29) is 17.9 Å². The van der Waals surface area contributed by atoms with Crippen molar-refractivity contribution in [1.82, 2.24) is 5.32 Å². The molecule has 0 fully saturated rings. The highest BCUT2D eigenvalue weighted by Gasteiger charge is 2.15. The average Bonchev–Trinajstić information content (AvgIpc) is 2.48. The maximum Gasteiger partial charge on any atom is 0.123 e. The van der Waals surface area contributed by atoms with E-state index in [2.05, 4.69) is 19.2 Å². The van der Waals surface area contributed by atoms with Crippen molar-refractivity contribution >= 4 is 0 Å². The zero-order chi connectivity index (χ0) is 15.2. The van der Waals surface area contributed by atoms with E-state index in [9.17, 15) is 9.50 Å². The molecule has 2 aromatic rings. The van der Waals surface area contributed by atoms with Crippen LogP contribution in [-0.4, -0.2) is 11.1 Å². The molecule has 0 amide bonds. The van der Waals surface area contributed by atoms with Gasteiger partial charge in [0.1, 0.15) is 11.6 Å². The van der Waals surface area contributed by atoms with Crippen LogP contribution in [0.5, 0.6) is 5.75 Å². The Hall–Kier alpha value is -1.87. The highest BCUT2D eigenvalue weighted by Crippen LogP contribution is 2.26. The summed E-state index contributed by atoms with van der Waals surface area (Å²) in [5.41, 5.74) is 2.02. The zero-order valence-electron chi connectivity index (χ0n) is 12.5. The normalized spacial score (nSPS) is 13.9. The maximum absolute atomic E-state index is 12.9. The summed E-state index contributed by atoms with van der Waals surface area (Å²) in [6.45, 7) is 4.20. The van der Waals surface area contributed by atoms with Crippen molar-refractivity contribution in [2.75, 3.05) is 0 Å². The Balaban J connectivity index is 2.01. The fourth-order valence-electron chi connectivity index (χ4n) is 2.59. The molecule has 0 saturated carbocycles. The molecular weight excluding hydrogens is 265 g/mol. The van der Waals surface area contributed by atoms with Gasteiger partial charge in [0.25, 0.3) is 0 Å². The molecule has 0 aliphatic carbocycles. The Bertz CT molecular complexity index is 568. The van der Waals surface area contributed by atoms with Gasteiger partial charge < -0.3 is 10.4 Å². The third-order valence-corrected chi connectivity index (χ3v) is 3.66. The predicted octanol–water partition coefficient (Wildman–Crippen LogP) is 4.20. The van der Waals surface area contributed by atoms with Gasteiger partial charge in [0, 0.05) is 17.6 Å². The third-order valence-electron chi connectivity index (χ3n) is 3.66. The van der Waals surface area contributed by atoms with Crippen molar-refractivity contribution in [3.63, 3.8) is 0 Å².